The van der Waals surface area contributed by atoms with Crippen LogP contribution in [0.25, 0.3) is 11.6 Å². The van der Waals surface area contributed by atoms with E-state index in [1.54, 1.807) is 0 Å². The van der Waals surface area contributed by atoms with Crippen LogP contribution in [0.5, 0.6) is 0 Å². The largest absolute Gasteiger partial charge is 0.413 e. The second-order valence-electron chi connectivity index (χ2n) is 9.08. The fraction of sp³-hybridized carbons (Fsp3) is 0.259. The van der Waals surface area contributed by atoms with Gasteiger partial charge in [0.25, 0.3) is 0 Å². The van der Waals surface area contributed by atoms with Crippen LogP contribution in [0.4, 0.5) is 0 Å². The average molecular weight is 401 g/mol. The summed E-state index contributed by atoms with van der Waals surface area (Å²) < 4.78 is 6.46. The zero-order valence-electron chi connectivity index (χ0n) is 18.3. The summed E-state index contributed by atoms with van der Waals surface area (Å²) in [7, 11) is -1.77. The minimum absolute atomic E-state index is 0.215. The monoisotopic (exact) mass is 400 g/mol. The number of rotatable bonds is 6. The fourth-order valence-electron chi connectivity index (χ4n) is 2.98. The van der Waals surface area contributed by atoms with Crippen LogP contribution in [0, 0.1) is 0 Å². The predicted octanol–water partition coefficient (Wildman–Crippen LogP) is 7.80. The van der Waals surface area contributed by atoms with Gasteiger partial charge in [0.2, 0.25) is 0 Å². The van der Waals surface area contributed by atoms with Crippen LogP contribution in [-0.2, 0) is 11.0 Å². The maximum Gasteiger partial charge on any atom is 0.192 e. The molecular formula is C27H32OSi. The van der Waals surface area contributed by atoms with Gasteiger partial charge in [-0.25, -0.2) is 0 Å². The molecule has 0 aliphatic heterocycles. The molecule has 0 spiro atoms. The lowest BCUT2D eigenvalue weighted by atomic mass is 9.94. The molecule has 0 atom stereocenters. The second kappa shape index (κ2) is 8.94. The van der Waals surface area contributed by atoms with Crippen LogP contribution in [0.2, 0.25) is 18.1 Å². The van der Waals surface area contributed by atoms with Crippen molar-refractivity contribution in [2.45, 2.75) is 45.5 Å². The van der Waals surface area contributed by atoms with Crippen molar-refractivity contribution in [3.05, 3.63) is 107 Å². The van der Waals surface area contributed by atoms with Gasteiger partial charge in [0, 0.05) is 0 Å². The van der Waals surface area contributed by atoms with Crippen molar-refractivity contribution in [3.63, 3.8) is 0 Å². The van der Waals surface area contributed by atoms with Crippen molar-refractivity contribution in [2.75, 3.05) is 0 Å². The maximum atomic E-state index is 6.46. The van der Waals surface area contributed by atoms with Gasteiger partial charge in [-0.05, 0) is 58.1 Å². The molecule has 3 rings (SSSR count). The Kier molecular flexibility index (Phi) is 6.56. The van der Waals surface area contributed by atoms with Crippen LogP contribution in [0.3, 0.4) is 0 Å². The number of benzene rings is 3. The van der Waals surface area contributed by atoms with Crippen LogP contribution in [-0.4, -0.2) is 8.32 Å². The van der Waals surface area contributed by atoms with Crippen LogP contribution in [0.1, 0.15) is 43.0 Å². The van der Waals surface area contributed by atoms with Crippen molar-refractivity contribution in [1.82, 2.24) is 0 Å². The van der Waals surface area contributed by atoms with Gasteiger partial charge < -0.3 is 4.43 Å². The molecule has 2 heteroatoms. The van der Waals surface area contributed by atoms with Crippen molar-refractivity contribution < 1.29 is 4.43 Å². The fourth-order valence-corrected chi connectivity index (χ4v) is 3.94. The highest BCUT2D eigenvalue weighted by atomic mass is 28.4. The summed E-state index contributed by atoms with van der Waals surface area (Å²) >= 11 is 0. The van der Waals surface area contributed by atoms with E-state index in [9.17, 15) is 0 Å². The van der Waals surface area contributed by atoms with Crippen molar-refractivity contribution >= 4 is 20.0 Å². The van der Waals surface area contributed by atoms with Crippen molar-refractivity contribution in [2.24, 2.45) is 0 Å². The summed E-state index contributed by atoms with van der Waals surface area (Å²) in [6, 6.07) is 29.9. The van der Waals surface area contributed by atoms with Gasteiger partial charge in [-0.2, -0.15) is 0 Å². The summed E-state index contributed by atoms with van der Waals surface area (Å²) in [5, 5.41) is 0.215. The maximum absolute atomic E-state index is 6.46. The van der Waals surface area contributed by atoms with Gasteiger partial charge >= 0.3 is 0 Å². The molecule has 1 nitrogen and oxygen atoms in total. The van der Waals surface area contributed by atoms with E-state index in [1.165, 1.54) is 27.8 Å². The quantitative estimate of drug-likeness (QED) is 0.303. The van der Waals surface area contributed by atoms with E-state index in [0.717, 1.165) is 0 Å². The molecule has 0 aromatic heterocycles. The third-order valence-electron chi connectivity index (χ3n) is 5.84. The Labute approximate surface area is 177 Å². The Bertz CT molecular complexity index is 951. The second-order valence-corrected chi connectivity index (χ2v) is 13.9. The highest BCUT2D eigenvalue weighted by molar-refractivity contribution is 6.74. The first-order valence-electron chi connectivity index (χ1n) is 10.3. The summed E-state index contributed by atoms with van der Waals surface area (Å²) in [5.41, 5.74) is 6.10. The molecule has 0 radical (unpaired) electrons. The van der Waals surface area contributed by atoms with E-state index in [-0.39, 0.29) is 5.04 Å². The molecule has 0 saturated carbocycles. The average Bonchev–Trinajstić information content (AvgIpc) is 2.71. The summed E-state index contributed by atoms with van der Waals surface area (Å²) in [4.78, 5) is 0. The molecule has 150 valence electrons. The zero-order chi connectivity index (χ0) is 20.9. The van der Waals surface area contributed by atoms with Gasteiger partial charge in [-0.3, -0.25) is 0 Å². The number of hydrogen-bond acceptors (Lipinski definition) is 1. The van der Waals surface area contributed by atoms with Gasteiger partial charge in [0.05, 0.1) is 6.61 Å². The van der Waals surface area contributed by atoms with Crippen molar-refractivity contribution in [3.8, 4) is 0 Å². The first-order chi connectivity index (χ1) is 13.8. The highest BCUT2D eigenvalue weighted by Gasteiger charge is 2.37. The van der Waals surface area contributed by atoms with Gasteiger partial charge in [-0.15, -0.1) is 0 Å². The van der Waals surface area contributed by atoms with E-state index in [0.29, 0.717) is 6.61 Å². The van der Waals surface area contributed by atoms with E-state index in [1.807, 2.05) is 0 Å². The molecule has 0 aliphatic carbocycles. The normalized spacial score (nSPS) is 12.8. The topological polar surface area (TPSA) is 9.23 Å². The molecule has 0 unspecified atom stereocenters. The Morgan fingerprint density at radius 2 is 1.38 bits per heavy atom. The molecule has 3 aromatic carbocycles. The third-order valence-corrected chi connectivity index (χ3v) is 10.3. The molecule has 0 saturated heterocycles. The van der Waals surface area contributed by atoms with Gasteiger partial charge in [0.15, 0.2) is 8.32 Å². The minimum Gasteiger partial charge on any atom is -0.413 e. The molecular weight excluding hydrogens is 368 g/mol. The molecule has 0 N–H and O–H groups in total. The highest BCUT2D eigenvalue weighted by Crippen LogP contribution is 2.37. The first kappa shape index (κ1) is 21.3. The molecule has 0 aliphatic rings. The lowest BCUT2D eigenvalue weighted by Gasteiger charge is -2.36. The summed E-state index contributed by atoms with van der Waals surface area (Å²) in [5.74, 6) is 0. The Morgan fingerprint density at radius 1 is 0.793 bits per heavy atom. The number of hydrogen-bond donors (Lipinski definition) is 0. The van der Waals surface area contributed by atoms with E-state index < -0.39 is 8.32 Å². The minimum atomic E-state index is -1.77. The Hall–Kier alpha value is -2.42. The lowest BCUT2D eigenvalue weighted by molar-refractivity contribution is 0.276. The van der Waals surface area contributed by atoms with Gasteiger partial charge in [-0.1, -0.05) is 99.6 Å². The molecule has 3 aromatic rings. The Balaban J connectivity index is 1.94. The van der Waals surface area contributed by atoms with Crippen LogP contribution >= 0.6 is 0 Å². The van der Waals surface area contributed by atoms with E-state index >= 15 is 0 Å². The molecule has 0 fully saturated rings. The molecule has 29 heavy (non-hydrogen) atoms. The van der Waals surface area contributed by atoms with Crippen LogP contribution < -0.4 is 0 Å². The van der Waals surface area contributed by atoms with Gasteiger partial charge in [0.1, 0.15) is 0 Å². The predicted molar refractivity (Wildman–Crippen MR) is 128 cm³/mol. The SMILES string of the molecule is CC(C)(C)[Si](C)(C)OCc1cccc(/C(=C/c2ccccc2)c2ccccc2)c1. The summed E-state index contributed by atoms with van der Waals surface area (Å²) in [6.07, 6.45) is 2.27. The lowest BCUT2D eigenvalue weighted by Crippen LogP contribution is -2.40. The first-order valence-corrected chi connectivity index (χ1v) is 13.2. The van der Waals surface area contributed by atoms with Crippen LogP contribution in [0.15, 0.2) is 84.9 Å². The molecule has 0 bridgehead atoms. The van der Waals surface area contributed by atoms with E-state index in [4.69, 9.17) is 4.43 Å². The standard InChI is InChI=1S/C27H32OSi/c1-27(2,3)29(4,5)28-21-23-15-12-18-25(19-23)26(24-16-10-7-11-17-24)20-22-13-8-6-9-14-22/h6-20H,21H2,1-5H3/b26-20+. The molecule has 0 amide bonds. The summed E-state index contributed by atoms with van der Waals surface area (Å²) in [6.45, 7) is 12.1. The van der Waals surface area contributed by atoms with Crippen molar-refractivity contribution in [1.29, 1.82) is 0 Å². The smallest absolute Gasteiger partial charge is 0.192 e. The molecule has 0 heterocycles. The van der Waals surface area contributed by atoms with E-state index in [2.05, 4.69) is 125 Å². The zero-order valence-corrected chi connectivity index (χ0v) is 19.3. The Morgan fingerprint density at radius 3 is 2.00 bits per heavy atom. The third kappa shape index (κ3) is 5.56.